The molecular formula is C51H59ClN10O7S. The predicted octanol–water partition coefficient (Wildman–Crippen LogP) is 7.13. The number of allylic oxidation sites excluding steroid dienone is 1. The molecule has 4 saturated heterocycles. The van der Waals surface area contributed by atoms with Crippen molar-refractivity contribution in [1.29, 1.82) is 0 Å². The number of H-pyrrole nitrogens is 1. The van der Waals surface area contributed by atoms with Crippen LogP contribution < -0.4 is 24.6 Å². The summed E-state index contributed by atoms with van der Waals surface area (Å²) in [5.41, 5.74) is 6.95. The number of ether oxygens (including phenoxy) is 2. The topological polar surface area (TPSA) is 182 Å². The Balaban J connectivity index is 0.813. The third-order valence-electron chi connectivity index (χ3n) is 15.3. The quantitative estimate of drug-likeness (QED) is 0.0755. The lowest BCUT2D eigenvalue weighted by molar-refractivity contribution is -0.384. The van der Waals surface area contributed by atoms with Crippen LogP contribution in [0.5, 0.6) is 5.88 Å². The van der Waals surface area contributed by atoms with Gasteiger partial charge in [0.05, 0.1) is 46.9 Å². The minimum absolute atomic E-state index is 0.113. The number of fused-ring (bicyclic) bond motifs is 4. The third kappa shape index (κ3) is 9.32. The number of aromatic amines is 1. The van der Waals surface area contributed by atoms with Gasteiger partial charge in [-0.15, -0.1) is 0 Å². The number of halogens is 1. The van der Waals surface area contributed by atoms with Gasteiger partial charge in [0.2, 0.25) is 5.88 Å². The fourth-order valence-corrected chi connectivity index (χ4v) is 12.5. The van der Waals surface area contributed by atoms with Crippen LogP contribution in [0.15, 0.2) is 89.5 Å². The second-order valence-electron chi connectivity index (χ2n) is 20.3. The number of amides is 1. The first-order valence-electron chi connectivity index (χ1n) is 24.4. The zero-order valence-electron chi connectivity index (χ0n) is 39.5. The molecule has 70 heavy (non-hydrogen) atoms. The van der Waals surface area contributed by atoms with E-state index in [0.29, 0.717) is 60.7 Å². The Morgan fingerprint density at radius 3 is 2.51 bits per heavy atom. The first-order chi connectivity index (χ1) is 33.7. The Bertz CT molecular complexity index is 2970. The van der Waals surface area contributed by atoms with Gasteiger partial charge in [0.15, 0.2) is 0 Å². The van der Waals surface area contributed by atoms with Crippen molar-refractivity contribution >= 4 is 72.6 Å². The lowest BCUT2D eigenvalue weighted by Crippen LogP contribution is -2.57. The van der Waals surface area contributed by atoms with Crippen molar-refractivity contribution in [3.8, 4) is 5.88 Å². The van der Waals surface area contributed by atoms with E-state index < -0.39 is 31.4 Å². The minimum atomic E-state index is -4.58. The number of carbonyl (C=O) groups excluding carboxylic acids is 1. The van der Waals surface area contributed by atoms with Gasteiger partial charge in [0.25, 0.3) is 21.6 Å². The van der Waals surface area contributed by atoms with E-state index in [1.807, 2.05) is 41.3 Å². The zero-order valence-corrected chi connectivity index (χ0v) is 41.1. The van der Waals surface area contributed by atoms with Gasteiger partial charge >= 0.3 is 0 Å². The lowest BCUT2D eigenvalue weighted by atomic mass is 9.72. The van der Waals surface area contributed by atoms with Crippen molar-refractivity contribution in [3.63, 3.8) is 0 Å². The maximum Gasteiger partial charge on any atom is 0.293 e. The molecule has 1 aliphatic carbocycles. The summed E-state index contributed by atoms with van der Waals surface area (Å²) in [5.74, 6) is -0.485. The van der Waals surface area contributed by atoms with Gasteiger partial charge in [0, 0.05) is 99.3 Å². The molecule has 2 aromatic heterocycles. The number of carbonyl (C=O) groups is 1. The molecule has 0 saturated carbocycles. The number of nitro benzene ring substituents is 1. The SMILES string of the molecule is CC1(C)CCC(CN2CCN(c3ccc(C(=O)NS(=O)(=O)c4ccc(NCCN5CC6CC5CN6C5COC5)c([N+](=O)[O-])c4)c(N4CCOc5nc6[nH]ccc6cc54)c3)CC2)=C(c2ccc(Cl)cc2)C1. The molecule has 19 heteroatoms. The molecule has 7 heterocycles. The predicted molar refractivity (Wildman–Crippen MR) is 271 cm³/mol. The molecule has 2 bridgehead atoms. The summed E-state index contributed by atoms with van der Waals surface area (Å²) in [4.78, 5) is 45.4. The number of hydrogen-bond donors (Lipinski definition) is 3. The van der Waals surface area contributed by atoms with Crippen LogP contribution in [0.25, 0.3) is 16.6 Å². The highest BCUT2D eigenvalue weighted by Gasteiger charge is 2.47. The van der Waals surface area contributed by atoms with Crippen LogP contribution in [0.1, 0.15) is 55.5 Å². The van der Waals surface area contributed by atoms with E-state index in [2.05, 4.69) is 60.6 Å². The van der Waals surface area contributed by atoms with E-state index in [4.69, 9.17) is 26.1 Å². The van der Waals surface area contributed by atoms with Crippen LogP contribution in [0, 0.1) is 15.5 Å². The number of sulfonamides is 1. The smallest absolute Gasteiger partial charge is 0.293 e. The van der Waals surface area contributed by atoms with Crippen LogP contribution >= 0.6 is 11.6 Å². The molecule has 5 aromatic rings. The molecule has 0 spiro atoms. The summed E-state index contributed by atoms with van der Waals surface area (Å²) in [7, 11) is -4.58. The van der Waals surface area contributed by atoms with Crippen LogP contribution in [-0.4, -0.2) is 147 Å². The summed E-state index contributed by atoms with van der Waals surface area (Å²) in [6, 6.07) is 22.7. The number of nitrogens with one attached hydrogen (secondary N) is 3. The normalized spacial score (nSPS) is 22.0. The maximum atomic E-state index is 14.4. The van der Waals surface area contributed by atoms with Crippen LogP contribution in [-0.2, 0) is 14.8 Å². The van der Waals surface area contributed by atoms with Crippen molar-refractivity contribution in [2.45, 2.75) is 62.6 Å². The third-order valence-corrected chi connectivity index (χ3v) is 16.9. The maximum absolute atomic E-state index is 14.4. The molecule has 0 radical (unpaired) electrons. The Morgan fingerprint density at radius 1 is 0.957 bits per heavy atom. The molecule has 2 unspecified atom stereocenters. The molecular weight excluding hydrogens is 932 g/mol. The second-order valence-corrected chi connectivity index (χ2v) is 22.5. The van der Waals surface area contributed by atoms with Gasteiger partial charge in [-0.3, -0.25) is 29.6 Å². The second kappa shape index (κ2) is 18.8. The standard InChI is InChI=1S/C51H59ClN10O7S/c1-51(2)13-11-35(43(27-51)33-3-5-36(52)6-4-33)28-57-17-19-58(20-18-57)37-7-9-42(45(25-37)60-21-22-69-50-47(60)23-34-12-14-54-48(34)55-50)49(63)56-70(66,67)41-8-10-44(46(26-41)62(64)65)53-15-16-59-29-39-24-38(59)30-61(39)40-31-68-32-40/h3-10,12,14,23,25-26,38-40,53H,11,13,15-22,24,27-32H2,1-2H3,(H,54,55)(H,56,63). The van der Waals surface area contributed by atoms with Crippen molar-refractivity contribution in [3.05, 3.63) is 111 Å². The van der Waals surface area contributed by atoms with Crippen LogP contribution in [0.3, 0.4) is 0 Å². The van der Waals surface area contributed by atoms with E-state index in [1.165, 1.54) is 28.8 Å². The molecule has 3 aromatic carbocycles. The number of likely N-dealkylation sites (tertiary alicyclic amines) is 2. The summed E-state index contributed by atoms with van der Waals surface area (Å²) in [6.45, 7) is 14.1. The number of nitro groups is 1. The molecule has 4 fully saturated rings. The largest absolute Gasteiger partial charge is 0.474 e. The van der Waals surface area contributed by atoms with Crippen molar-refractivity contribution in [1.82, 2.24) is 29.4 Å². The molecule has 3 N–H and O–H groups in total. The van der Waals surface area contributed by atoms with E-state index in [9.17, 15) is 23.3 Å². The van der Waals surface area contributed by atoms with Crippen LogP contribution in [0.4, 0.5) is 28.4 Å². The van der Waals surface area contributed by atoms with Gasteiger partial charge in [0.1, 0.15) is 23.6 Å². The number of anilines is 4. The van der Waals surface area contributed by atoms with Gasteiger partial charge in [-0.05, 0) is 96.8 Å². The van der Waals surface area contributed by atoms with Gasteiger partial charge in [-0.2, -0.15) is 4.98 Å². The first kappa shape index (κ1) is 46.6. The van der Waals surface area contributed by atoms with Crippen molar-refractivity contribution < 1.29 is 27.6 Å². The lowest BCUT2D eigenvalue weighted by Gasteiger charge is -2.42. The number of nitrogens with zero attached hydrogens (tertiary/aromatic N) is 7. The number of rotatable bonds is 14. The average molecular weight is 992 g/mol. The molecule has 368 valence electrons. The van der Waals surface area contributed by atoms with E-state index >= 15 is 0 Å². The Hall–Kier alpha value is -5.76. The fourth-order valence-electron chi connectivity index (χ4n) is 11.4. The number of pyridine rings is 1. The number of piperazine rings is 2. The molecule has 17 nitrogen and oxygen atoms in total. The summed E-state index contributed by atoms with van der Waals surface area (Å²) < 4.78 is 41.8. The Kier molecular flexibility index (Phi) is 12.5. The van der Waals surface area contributed by atoms with E-state index in [0.717, 1.165) is 107 Å². The molecule has 5 aliphatic heterocycles. The van der Waals surface area contributed by atoms with Crippen LogP contribution in [0.2, 0.25) is 5.02 Å². The number of benzene rings is 3. The van der Waals surface area contributed by atoms with Gasteiger partial charge in [-0.25, -0.2) is 13.1 Å². The first-order valence-corrected chi connectivity index (χ1v) is 26.2. The molecule has 6 aliphatic rings. The number of aromatic nitrogens is 2. The Morgan fingerprint density at radius 2 is 1.77 bits per heavy atom. The summed E-state index contributed by atoms with van der Waals surface area (Å²) >= 11 is 6.28. The fraction of sp³-hybridized carbons (Fsp3) is 0.451. The van der Waals surface area contributed by atoms with Gasteiger partial charge < -0.3 is 29.6 Å². The number of hydrogen-bond acceptors (Lipinski definition) is 14. The zero-order chi connectivity index (χ0) is 48.3. The molecule has 11 rings (SSSR count). The highest BCUT2D eigenvalue weighted by molar-refractivity contribution is 7.90. The van der Waals surface area contributed by atoms with E-state index in [1.54, 1.807) is 12.3 Å². The van der Waals surface area contributed by atoms with Crippen molar-refractivity contribution in [2.75, 3.05) is 100 Å². The van der Waals surface area contributed by atoms with Crippen molar-refractivity contribution in [2.24, 2.45) is 5.41 Å². The minimum Gasteiger partial charge on any atom is -0.474 e. The monoisotopic (exact) mass is 990 g/mol. The van der Waals surface area contributed by atoms with E-state index in [-0.39, 0.29) is 23.3 Å². The average Bonchev–Trinajstić information content (AvgIpc) is 4.07. The van der Waals surface area contributed by atoms with Gasteiger partial charge in [-0.1, -0.05) is 43.2 Å². The Labute approximate surface area is 412 Å². The molecule has 2 atom stereocenters. The summed E-state index contributed by atoms with van der Waals surface area (Å²) in [6.07, 6.45) is 6.11. The highest BCUT2D eigenvalue weighted by atomic mass is 35.5. The molecule has 1 amide bonds. The summed E-state index contributed by atoms with van der Waals surface area (Å²) in [5, 5.41) is 17.1. The highest BCUT2D eigenvalue weighted by Crippen LogP contribution is 2.44.